The number of para-hydroxylation sites is 1. The Balaban J connectivity index is 1.94. The van der Waals surface area contributed by atoms with E-state index in [1.54, 1.807) is 18.2 Å². The molecule has 1 amide bonds. The number of nitrogens with two attached hydrogens (primary N) is 1. The number of aliphatic hydroxyl groups excluding tert-OH is 1. The Kier molecular flexibility index (Phi) is 3.50. The molecule has 21 heavy (non-hydrogen) atoms. The van der Waals surface area contributed by atoms with Crippen molar-refractivity contribution in [3.63, 3.8) is 0 Å². The number of ether oxygens (including phenoxy) is 1. The molecule has 1 aliphatic heterocycles. The van der Waals surface area contributed by atoms with Crippen molar-refractivity contribution < 1.29 is 14.6 Å². The van der Waals surface area contributed by atoms with Gasteiger partial charge in [0.25, 0.3) is 0 Å². The number of nitrogens with one attached hydrogen (secondary N) is 1. The Hall–Kier alpha value is -2.53. The topological polar surface area (TPSA) is 84.6 Å². The molecular weight excluding hydrogens is 268 g/mol. The number of hydrogen-bond acceptors (Lipinski definition) is 4. The van der Waals surface area contributed by atoms with E-state index in [4.69, 9.17) is 10.5 Å². The standard InChI is InChI=1S/C16H16N2O3/c17-12-8-13-10(5-6-16(20)18-13)7-15(12)21-14-4-2-1-3-11(14)9-19/h1-4,7-8,19H,5-6,9,17H2,(H,18,20). The second kappa shape index (κ2) is 5.46. The van der Waals surface area contributed by atoms with Crippen molar-refractivity contribution >= 4 is 17.3 Å². The van der Waals surface area contributed by atoms with Crippen LogP contribution < -0.4 is 15.8 Å². The lowest BCUT2D eigenvalue weighted by molar-refractivity contribution is -0.116. The van der Waals surface area contributed by atoms with Gasteiger partial charge in [0.15, 0.2) is 5.75 Å². The number of rotatable bonds is 3. The van der Waals surface area contributed by atoms with Gasteiger partial charge in [0.2, 0.25) is 5.91 Å². The van der Waals surface area contributed by atoms with E-state index in [1.807, 2.05) is 18.2 Å². The normalized spacial score (nSPS) is 13.5. The Bertz CT molecular complexity index is 698. The Labute approximate surface area is 122 Å². The third-order valence-corrected chi connectivity index (χ3v) is 3.49. The van der Waals surface area contributed by atoms with Gasteiger partial charge in [-0.25, -0.2) is 0 Å². The van der Waals surface area contributed by atoms with Crippen LogP contribution in [0.5, 0.6) is 11.5 Å². The van der Waals surface area contributed by atoms with E-state index in [2.05, 4.69) is 5.32 Å². The largest absolute Gasteiger partial charge is 0.455 e. The molecule has 0 spiro atoms. The molecule has 0 fully saturated rings. The van der Waals surface area contributed by atoms with Crippen molar-refractivity contribution in [1.82, 2.24) is 0 Å². The number of anilines is 2. The molecule has 0 aliphatic carbocycles. The summed E-state index contributed by atoms with van der Waals surface area (Å²) in [6.45, 7) is -0.100. The highest BCUT2D eigenvalue weighted by atomic mass is 16.5. The van der Waals surface area contributed by atoms with E-state index in [-0.39, 0.29) is 12.5 Å². The first-order valence-corrected chi connectivity index (χ1v) is 6.76. The van der Waals surface area contributed by atoms with Crippen LogP contribution in [0.2, 0.25) is 0 Å². The summed E-state index contributed by atoms with van der Waals surface area (Å²) in [6, 6.07) is 10.8. The lowest BCUT2D eigenvalue weighted by atomic mass is 10.0. The number of aliphatic hydroxyl groups is 1. The van der Waals surface area contributed by atoms with E-state index < -0.39 is 0 Å². The highest BCUT2D eigenvalue weighted by molar-refractivity contribution is 5.94. The quantitative estimate of drug-likeness (QED) is 0.756. The van der Waals surface area contributed by atoms with Crippen molar-refractivity contribution in [3.05, 3.63) is 47.5 Å². The van der Waals surface area contributed by atoms with E-state index in [0.717, 1.165) is 11.3 Å². The van der Waals surface area contributed by atoms with Gasteiger partial charge in [-0.3, -0.25) is 4.79 Å². The maximum absolute atomic E-state index is 11.4. The summed E-state index contributed by atoms with van der Waals surface area (Å²) in [5.41, 5.74) is 8.88. The van der Waals surface area contributed by atoms with Gasteiger partial charge in [-0.15, -0.1) is 0 Å². The lowest BCUT2D eigenvalue weighted by Gasteiger charge is -2.19. The number of amides is 1. The lowest BCUT2D eigenvalue weighted by Crippen LogP contribution is -2.19. The number of hydrogen-bond donors (Lipinski definition) is 3. The Morgan fingerprint density at radius 3 is 2.81 bits per heavy atom. The fourth-order valence-electron chi connectivity index (χ4n) is 2.36. The average molecular weight is 284 g/mol. The van der Waals surface area contributed by atoms with Crippen molar-refractivity contribution in [1.29, 1.82) is 0 Å². The summed E-state index contributed by atoms with van der Waals surface area (Å²) in [5, 5.41) is 12.1. The average Bonchev–Trinajstić information content (AvgIpc) is 2.49. The molecule has 4 N–H and O–H groups in total. The van der Waals surface area contributed by atoms with E-state index >= 15 is 0 Å². The molecule has 5 nitrogen and oxygen atoms in total. The van der Waals surface area contributed by atoms with Crippen LogP contribution in [-0.2, 0) is 17.8 Å². The van der Waals surface area contributed by atoms with Crippen LogP contribution in [-0.4, -0.2) is 11.0 Å². The SMILES string of the molecule is Nc1cc2c(cc1Oc1ccccc1CO)CCC(=O)N2. The fourth-order valence-corrected chi connectivity index (χ4v) is 2.36. The van der Waals surface area contributed by atoms with Crippen LogP contribution in [0.25, 0.3) is 0 Å². The van der Waals surface area contributed by atoms with Crippen LogP contribution in [0.15, 0.2) is 36.4 Å². The number of aryl methyl sites for hydroxylation is 1. The first kappa shape index (κ1) is 13.5. The maximum atomic E-state index is 11.4. The molecule has 0 aromatic heterocycles. The third-order valence-electron chi connectivity index (χ3n) is 3.49. The van der Waals surface area contributed by atoms with Gasteiger partial charge in [-0.2, -0.15) is 0 Å². The van der Waals surface area contributed by atoms with Crippen LogP contribution in [0.1, 0.15) is 17.5 Å². The van der Waals surface area contributed by atoms with Crippen LogP contribution in [0, 0.1) is 0 Å². The van der Waals surface area contributed by atoms with Crippen molar-refractivity contribution in [2.75, 3.05) is 11.1 Å². The van der Waals surface area contributed by atoms with Gasteiger partial charge in [0, 0.05) is 17.7 Å². The molecule has 0 saturated carbocycles. The molecule has 0 saturated heterocycles. The predicted octanol–water partition coefficient (Wildman–Crippen LogP) is 2.44. The summed E-state index contributed by atoms with van der Waals surface area (Å²) >= 11 is 0. The summed E-state index contributed by atoms with van der Waals surface area (Å²) in [5.74, 6) is 1.11. The minimum absolute atomic E-state index is 0.00111. The molecule has 5 heteroatoms. The maximum Gasteiger partial charge on any atom is 0.224 e. The molecule has 108 valence electrons. The molecule has 0 atom stereocenters. The number of fused-ring (bicyclic) bond motifs is 1. The molecule has 0 radical (unpaired) electrons. The van der Waals surface area contributed by atoms with Crippen LogP contribution >= 0.6 is 0 Å². The number of carbonyl (C=O) groups is 1. The fraction of sp³-hybridized carbons (Fsp3) is 0.188. The highest BCUT2D eigenvalue weighted by Gasteiger charge is 2.17. The van der Waals surface area contributed by atoms with Gasteiger partial charge in [0.1, 0.15) is 5.75 Å². The molecule has 1 heterocycles. The Morgan fingerprint density at radius 2 is 2.00 bits per heavy atom. The van der Waals surface area contributed by atoms with Crippen molar-refractivity contribution in [2.45, 2.75) is 19.4 Å². The van der Waals surface area contributed by atoms with Crippen molar-refractivity contribution in [2.24, 2.45) is 0 Å². The molecule has 2 aromatic carbocycles. The van der Waals surface area contributed by atoms with Crippen molar-refractivity contribution in [3.8, 4) is 11.5 Å². The smallest absolute Gasteiger partial charge is 0.224 e. The molecule has 1 aliphatic rings. The minimum Gasteiger partial charge on any atom is -0.455 e. The predicted molar refractivity (Wildman–Crippen MR) is 80.2 cm³/mol. The van der Waals surface area contributed by atoms with Gasteiger partial charge in [-0.1, -0.05) is 18.2 Å². The van der Waals surface area contributed by atoms with Gasteiger partial charge in [0.05, 0.1) is 12.3 Å². The van der Waals surface area contributed by atoms with Gasteiger partial charge in [-0.05, 0) is 30.2 Å². The minimum atomic E-state index is -0.100. The highest BCUT2D eigenvalue weighted by Crippen LogP contribution is 2.36. The second-order valence-electron chi connectivity index (χ2n) is 4.96. The van der Waals surface area contributed by atoms with E-state index in [1.165, 1.54) is 0 Å². The molecular formula is C16H16N2O3. The summed E-state index contributed by atoms with van der Waals surface area (Å²) < 4.78 is 5.83. The molecule has 2 aromatic rings. The monoisotopic (exact) mass is 284 g/mol. The molecule has 0 bridgehead atoms. The second-order valence-corrected chi connectivity index (χ2v) is 4.96. The first-order chi connectivity index (χ1) is 10.2. The van der Waals surface area contributed by atoms with E-state index in [9.17, 15) is 9.90 Å². The summed E-state index contributed by atoms with van der Waals surface area (Å²) in [7, 11) is 0. The van der Waals surface area contributed by atoms with Crippen LogP contribution in [0.4, 0.5) is 11.4 Å². The number of nitrogen functional groups attached to an aromatic ring is 1. The Morgan fingerprint density at radius 1 is 1.19 bits per heavy atom. The summed E-state index contributed by atoms with van der Waals surface area (Å²) in [4.78, 5) is 11.4. The zero-order valence-corrected chi connectivity index (χ0v) is 11.4. The first-order valence-electron chi connectivity index (χ1n) is 6.76. The molecule has 0 unspecified atom stereocenters. The van der Waals surface area contributed by atoms with Gasteiger partial charge < -0.3 is 20.9 Å². The number of carbonyl (C=O) groups excluding carboxylic acids is 1. The van der Waals surface area contributed by atoms with Gasteiger partial charge >= 0.3 is 0 Å². The van der Waals surface area contributed by atoms with Crippen LogP contribution in [0.3, 0.4) is 0 Å². The third kappa shape index (κ3) is 2.68. The van der Waals surface area contributed by atoms with E-state index in [0.29, 0.717) is 35.6 Å². The number of benzene rings is 2. The zero-order chi connectivity index (χ0) is 14.8. The summed E-state index contributed by atoms with van der Waals surface area (Å²) in [6.07, 6.45) is 1.13. The zero-order valence-electron chi connectivity index (χ0n) is 11.4. The molecule has 3 rings (SSSR count).